The Balaban J connectivity index is -0.0000000641. The van der Waals surface area contributed by atoms with E-state index in [1.807, 2.05) is 6.07 Å². The predicted molar refractivity (Wildman–Crippen MR) is 75.5 cm³/mol. The number of rotatable bonds is 0. The molecule has 0 saturated heterocycles. The van der Waals surface area contributed by atoms with Crippen LogP contribution < -0.4 is 34.7 Å². The monoisotopic (exact) mass is 364 g/mol. The Kier molecular flexibility index (Phi) is 40.3. The molecule has 1 aromatic rings. The Labute approximate surface area is 160 Å². The minimum Gasteiger partial charge on any atom is -0.872 e. The van der Waals surface area contributed by atoms with E-state index in [1.54, 1.807) is 12.1 Å². The van der Waals surface area contributed by atoms with Crippen LogP contribution in [0.15, 0.2) is 30.3 Å². The number of hydrogen-bond donors (Lipinski definition) is 12. The zero-order valence-corrected chi connectivity index (χ0v) is 14.5. The molecule has 0 saturated carbocycles. The maximum absolute atomic E-state index is 10.3. The molecule has 18 heteroatoms. The van der Waals surface area contributed by atoms with E-state index in [0.29, 0.717) is 0 Å². The minimum absolute atomic E-state index is 0. The molecule has 0 amide bonds. The summed E-state index contributed by atoms with van der Waals surface area (Å²) in [6, 6.07) is 8.33. The van der Waals surface area contributed by atoms with Crippen molar-refractivity contribution < 1.29 is 95.0 Å². The van der Waals surface area contributed by atoms with E-state index < -0.39 is 29.3 Å². The number of benzene rings is 1. The summed E-state index contributed by atoms with van der Waals surface area (Å²) in [6.07, 6.45) is 0. The summed E-state index contributed by atoms with van der Waals surface area (Å²) in [5.41, 5.74) is 0. The van der Waals surface area contributed by atoms with E-state index in [9.17, 15) is 5.11 Å². The van der Waals surface area contributed by atoms with E-state index in [1.165, 1.54) is 12.1 Å². The SMILES string of the molecule is OB(O)O.OB(O)O.OB(O)O.OB(O)O.[Na+].[O-]c1ccccc1. The summed E-state index contributed by atoms with van der Waals surface area (Å²) < 4.78 is 0. The van der Waals surface area contributed by atoms with Crippen molar-refractivity contribution in [3.8, 4) is 5.75 Å². The summed E-state index contributed by atoms with van der Waals surface area (Å²) in [5, 5.41) is 96.3. The van der Waals surface area contributed by atoms with Gasteiger partial charge in [0.05, 0.1) is 0 Å². The van der Waals surface area contributed by atoms with Crippen molar-refractivity contribution in [3.63, 3.8) is 0 Å². The average molecular weight is 363 g/mol. The molecule has 0 heterocycles. The summed E-state index contributed by atoms with van der Waals surface area (Å²) >= 11 is 0. The molecule has 1 rings (SSSR count). The quantitative estimate of drug-likeness (QED) is 0.191. The van der Waals surface area contributed by atoms with Gasteiger partial charge in [0.1, 0.15) is 0 Å². The Morgan fingerprint density at radius 3 is 0.750 bits per heavy atom. The van der Waals surface area contributed by atoms with Crippen molar-refractivity contribution in [2.75, 3.05) is 0 Å². The summed E-state index contributed by atoms with van der Waals surface area (Å²) in [6.45, 7) is 0. The van der Waals surface area contributed by atoms with E-state index in [2.05, 4.69) is 0 Å². The smallest absolute Gasteiger partial charge is 0.872 e. The molecular weight excluding hydrogens is 346 g/mol. The second-order valence-corrected chi connectivity index (χ2v) is 2.70. The maximum atomic E-state index is 10.3. The van der Waals surface area contributed by atoms with Crippen LogP contribution in [0.2, 0.25) is 0 Å². The summed E-state index contributed by atoms with van der Waals surface area (Å²) in [4.78, 5) is 0. The first-order valence-corrected chi connectivity index (χ1v) is 5.21. The Hall–Kier alpha value is -0.200. The fourth-order valence-corrected chi connectivity index (χ4v) is 0.420. The fourth-order valence-electron chi connectivity index (χ4n) is 0.420. The second kappa shape index (κ2) is 27.6. The third kappa shape index (κ3) is 155. The molecule has 24 heavy (non-hydrogen) atoms. The fraction of sp³-hybridized carbons (Fsp3) is 0. The largest absolute Gasteiger partial charge is 1.00 e. The van der Waals surface area contributed by atoms with Crippen LogP contribution in [0.5, 0.6) is 5.75 Å². The van der Waals surface area contributed by atoms with E-state index in [0.717, 1.165) is 0 Å². The van der Waals surface area contributed by atoms with Gasteiger partial charge < -0.3 is 65.4 Å². The topological polar surface area (TPSA) is 266 Å². The van der Waals surface area contributed by atoms with Crippen molar-refractivity contribution >= 4 is 29.3 Å². The first-order valence-electron chi connectivity index (χ1n) is 5.21. The average Bonchev–Trinajstić information content (AvgIpc) is 2.26. The van der Waals surface area contributed by atoms with Gasteiger partial charge in [0.15, 0.2) is 0 Å². The normalized spacial score (nSPS) is 7.00. The summed E-state index contributed by atoms with van der Waals surface area (Å²) in [7, 11) is -8.67. The van der Waals surface area contributed by atoms with Gasteiger partial charge in [-0.05, 0) is 0 Å². The van der Waals surface area contributed by atoms with Crippen molar-refractivity contribution in [3.05, 3.63) is 30.3 Å². The molecule has 0 bridgehead atoms. The minimum atomic E-state index is -2.17. The molecular formula is C6H17B4NaO13. The van der Waals surface area contributed by atoms with Gasteiger partial charge in [-0.25, -0.2) is 0 Å². The van der Waals surface area contributed by atoms with Crippen LogP contribution >= 0.6 is 0 Å². The Bertz CT molecular complexity index is 271. The maximum Gasteiger partial charge on any atom is 1.00 e. The van der Waals surface area contributed by atoms with Crippen molar-refractivity contribution in [2.24, 2.45) is 0 Å². The Morgan fingerprint density at radius 1 is 0.500 bits per heavy atom. The van der Waals surface area contributed by atoms with Crippen molar-refractivity contribution in [1.29, 1.82) is 0 Å². The van der Waals surface area contributed by atoms with Gasteiger partial charge in [0.25, 0.3) is 0 Å². The molecule has 0 fully saturated rings. The van der Waals surface area contributed by atoms with Crippen LogP contribution in [0.3, 0.4) is 0 Å². The molecule has 12 N–H and O–H groups in total. The van der Waals surface area contributed by atoms with Gasteiger partial charge in [-0.3, -0.25) is 0 Å². The van der Waals surface area contributed by atoms with E-state index in [-0.39, 0.29) is 35.3 Å². The Morgan fingerprint density at radius 2 is 0.667 bits per heavy atom. The molecule has 13 nitrogen and oxygen atoms in total. The standard InChI is InChI=1S/C6H6O.4BH3O3.Na/c7-6-4-2-1-3-5-6;4*2-1(3)4;/h1-5,7H;4*2-4H;/q;;;;;+1/p-1. The van der Waals surface area contributed by atoms with E-state index >= 15 is 0 Å². The summed E-state index contributed by atoms with van der Waals surface area (Å²) in [5.74, 6) is 0.0718. The zero-order chi connectivity index (χ0) is 19.4. The first-order chi connectivity index (χ1) is 10.3. The van der Waals surface area contributed by atoms with Crippen molar-refractivity contribution in [1.82, 2.24) is 0 Å². The molecule has 0 unspecified atom stereocenters. The molecule has 0 atom stereocenters. The van der Waals surface area contributed by atoms with Crippen LogP contribution in [0.4, 0.5) is 0 Å². The number of para-hydroxylation sites is 1. The first kappa shape index (κ1) is 35.0. The molecule has 1 aromatic carbocycles. The van der Waals surface area contributed by atoms with Crippen LogP contribution in [0.25, 0.3) is 0 Å². The van der Waals surface area contributed by atoms with E-state index in [4.69, 9.17) is 60.3 Å². The zero-order valence-electron chi connectivity index (χ0n) is 12.5. The number of hydrogen-bond acceptors (Lipinski definition) is 13. The molecule has 0 aliphatic rings. The van der Waals surface area contributed by atoms with Gasteiger partial charge in [-0.15, -0.1) is 5.75 Å². The van der Waals surface area contributed by atoms with Crippen LogP contribution in [0, 0.1) is 0 Å². The van der Waals surface area contributed by atoms with Crippen LogP contribution in [-0.4, -0.2) is 89.6 Å². The molecule has 0 aliphatic heterocycles. The second-order valence-electron chi connectivity index (χ2n) is 2.70. The van der Waals surface area contributed by atoms with Gasteiger partial charge in [-0.2, -0.15) is 0 Å². The molecule has 0 aliphatic carbocycles. The molecule has 132 valence electrons. The van der Waals surface area contributed by atoms with Gasteiger partial charge >= 0.3 is 58.8 Å². The molecule has 0 spiro atoms. The van der Waals surface area contributed by atoms with Gasteiger partial charge in [-0.1, -0.05) is 30.3 Å². The van der Waals surface area contributed by atoms with Crippen LogP contribution in [-0.2, 0) is 0 Å². The van der Waals surface area contributed by atoms with Gasteiger partial charge in [0, 0.05) is 0 Å². The predicted octanol–water partition coefficient (Wildman–Crippen LogP) is -10.4. The van der Waals surface area contributed by atoms with Crippen LogP contribution in [0.1, 0.15) is 0 Å². The molecule has 0 radical (unpaired) electrons. The van der Waals surface area contributed by atoms with Gasteiger partial charge in [0.2, 0.25) is 0 Å². The third-order valence-corrected chi connectivity index (χ3v) is 0.743. The van der Waals surface area contributed by atoms with Crippen molar-refractivity contribution in [2.45, 2.75) is 0 Å². The third-order valence-electron chi connectivity index (χ3n) is 0.743. The molecule has 0 aromatic heterocycles.